The van der Waals surface area contributed by atoms with Crippen LogP contribution in [0.4, 0.5) is 8.78 Å². The highest BCUT2D eigenvalue weighted by Gasteiger charge is 2.47. The van der Waals surface area contributed by atoms with Crippen molar-refractivity contribution in [3.8, 4) is 44.8 Å². The Hall–Kier alpha value is -6.66. The number of hydrogen-bond acceptors (Lipinski definition) is 2. The largest absolute Gasteiger partial charge is 0.265 e. The molecular weight excluding hydrogens is 635 g/mol. The second-order valence-corrected chi connectivity index (χ2v) is 12.6. The number of aromatic nitrogens is 4. The van der Waals surface area contributed by atoms with Crippen LogP contribution in [0.2, 0.25) is 0 Å². The summed E-state index contributed by atoms with van der Waals surface area (Å²) in [4.78, 5) is 8.20. The van der Waals surface area contributed by atoms with E-state index in [1.54, 1.807) is 46.1 Å². The van der Waals surface area contributed by atoms with Gasteiger partial charge >= 0.3 is 0 Å². The molecule has 0 spiro atoms. The summed E-state index contributed by atoms with van der Waals surface area (Å²) in [6.45, 7) is 0. The number of hydrogen-bond donors (Lipinski definition) is 0. The lowest BCUT2D eigenvalue weighted by molar-refractivity contribution is -0.597. The molecule has 0 N–H and O–H groups in total. The molecule has 8 aromatic rings. The summed E-state index contributed by atoms with van der Waals surface area (Å²) in [5.41, 5.74) is 9.46. The topological polar surface area (TPSA) is 33.5 Å². The van der Waals surface area contributed by atoms with Crippen molar-refractivity contribution in [1.82, 2.24) is 9.97 Å². The van der Waals surface area contributed by atoms with Crippen LogP contribution in [0.15, 0.2) is 183 Å². The van der Waals surface area contributed by atoms with E-state index < -0.39 is 5.41 Å². The summed E-state index contributed by atoms with van der Waals surface area (Å²) in [6.07, 6.45) is 14.5. The molecule has 0 bridgehead atoms. The van der Waals surface area contributed by atoms with Crippen LogP contribution in [0.3, 0.4) is 0 Å². The van der Waals surface area contributed by atoms with Crippen LogP contribution in [0.25, 0.3) is 44.8 Å². The summed E-state index contributed by atoms with van der Waals surface area (Å²) < 4.78 is 36.5. The van der Waals surface area contributed by atoms with Crippen molar-refractivity contribution in [3.05, 3.63) is 217 Å². The zero-order valence-electron chi connectivity index (χ0n) is 27.4. The molecule has 1 aliphatic carbocycles. The van der Waals surface area contributed by atoms with Gasteiger partial charge in [-0.3, -0.25) is 9.97 Å². The first-order chi connectivity index (χ1) is 25.1. The Balaban J connectivity index is 1.17. The van der Waals surface area contributed by atoms with Gasteiger partial charge in [0.2, 0.25) is 11.4 Å². The molecule has 0 saturated carbocycles. The van der Waals surface area contributed by atoms with Crippen LogP contribution in [0, 0.1) is 11.6 Å². The highest BCUT2D eigenvalue weighted by Crippen LogP contribution is 2.56. The predicted molar refractivity (Wildman–Crippen MR) is 193 cm³/mol. The van der Waals surface area contributed by atoms with Crippen LogP contribution in [0.5, 0.6) is 0 Å². The molecule has 1 aliphatic rings. The van der Waals surface area contributed by atoms with E-state index in [1.807, 2.05) is 122 Å². The van der Waals surface area contributed by atoms with Gasteiger partial charge in [-0.25, -0.2) is 0 Å². The van der Waals surface area contributed by atoms with Crippen molar-refractivity contribution in [2.24, 2.45) is 0 Å². The Morgan fingerprint density at radius 2 is 0.784 bits per heavy atom. The van der Waals surface area contributed by atoms with E-state index in [9.17, 15) is 0 Å². The molecule has 6 heteroatoms. The van der Waals surface area contributed by atoms with Gasteiger partial charge in [-0.05, 0) is 92.0 Å². The van der Waals surface area contributed by atoms with Crippen molar-refractivity contribution < 1.29 is 17.9 Å². The van der Waals surface area contributed by atoms with Crippen molar-refractivity contribution in [1.29, 1.82) is 0 Å². The first kappa shape index (κ1) is 30.4. The van der Waals surface area contributed by atoms with Crippen LogP contribution < -0.4 is 9.13 Å². The van der Waals surface area contributed by atoms with Crippen molar-refractivity contribution >= 4 is 0 Å². The fourth-order valence-corrected chi connectivity index (χ4v) is 7.57. The minimum Gasteiger partial charge on any atom is -0.265 e. The highest BCUT2D eigenvalue weighted by atomic mass is 19.1. The molecule has 0 unspecified atom stereocenters. The van der Waals surface area contributed by atoms with Gasteiger partial charge in [-0.15, -0.1) is 0 Å². The normalized spacial score (nSPS) is 12.7. The van der Waals surface area contributed by atoms with E-state index in [4.69, 9.17) is 0 Å². The Kier molecular flexibility index (Phi) is 7.36. The van der Waals surface area contributed by atoms with Gasteiger partial charge in [0.1, 0.15) is 0 Å². The minimum absolute atomic E-state index is 0.377. The Bertz CT molecular complexity index is 2360. The van der Waals surface area contributed by atoms with Gasteiger partial charge in [0.15, 0.2) is 36.4 Å². The van der Waals surface area contributed by atoms with Crippen LogP contribution in [-0.4, -0.2) is 9.97 Å². The second-order valence-electron chi connectivity index (χ2n) is 12.6. The molecule has 4 heterocycles. The molecule has 4 nitrogen and oxygen atoms in total. The average Bonchev–Trinajstić information content (AvgIpc) is 3.50. The zero-order valence-corrected chi connectivity index (χ0v) is 27.4. The average molecular weight is 665 g/mol. The molecule has 0 fully saturated rings. The highest BCUT2D eigenvalue weighted by molar-refractivity contribution is 5.86. The third kappa shape index (κ3) is 5.03. The maximum atomic E-state index is 16.5. The van der Waals surface area contributed by atoms with Gasteiger partial charge in [0.25, 0.3) is 0 Å². The Labute approximate surface area is 294 Å². The van der Waals surface area contributed by atoms with Crippen LogP contribution >= 0.6 is 0 Å². The van der Waals surface area contributed by atoms with Crippen molar-refractivity contribution in [2.75, 3.05) is 0 Å². The summed E-state index contributed by atoms with van der Waals surface area (Å²) in [5, 5.41) is 0. The van der Waals surface area contributed by atoms with E-state index in [1.165, 1.54) is 0 Å². The number of fused-ring (bicyclic) bond motifs is 3. The first-order valence-corrected chi connectivity index (χ1v) is 16.7. The molecule has 4 aromatic carbocycles. The van der Waals surface area contributed by atoms with Gasteiger partial charge in [-0.1, -0.05) is 60.7 Å². The van der Waals surface area contributed by atoms with E-state index >= 15 is 8.78 Å². The molecule has 51 heavy (non-hydrogen) atoms. The van der Waals surface area contributed by atoms with E-state index in [0.29, 0.717) is 11.4 Å². The number of pyridine rings is 4. The van der Waals surface area contributed by atoms with Crippen LogP contribution in [0.1, 0.15) is 22.3 Å². The third-order valence-corrected chi connectivity index (χ3v) is 9.96. The maximum Gasteiger partial charge on any atom is 0.246 e. The predicted octanol–water partition coefficient (Wildman–Crippen LogP) is 9.01. The van der Waals surface area contributed by atoms with Gasteiger partial charge < -0.3 is 0 Å². The molecule has 4 aromatic heterocycles. The molecule has 0 aliphatic heterocycles. The molecular formula is C45H30F2N4+2. The zero-order chi connectivity index (χ0) is 34.4. The lowest BCUT2D eigenvalue weighted by Gasteiger charge is -2.33. The second kappa shape index (κ2) is 12.3. The number of halogens is 2. The fraction of sp³-hybridized carbons (Fsp3) is 0.0222. The van der Waals surface area contributed by atoms with Gasteiger partial charge in [0.05, 0.1) is 5.41 Å². The van der Waals surface area contributed by atoms with Gasteiger partial charge in [-0.2, -0.15) is 17.9 Å². The lowest BCUT2D eigenvalue weighted by Crippen LogP contribution is -2.33. The fourth-order valence-electron chi connectivity index (χ4n) is 7.57. The smallest absolute Gasteiger partial charge is 0.246 e. The number of rotatable bonds is 6. The lowest BCUT2D eigenvalue weighted by atomic mass is 9.67. The monoisotopic (exact) mass is 664 g/mol. The molecule has 0 saturated heterocycles. The van der Waals surface area contributed by atoms with E-state index in [-0.39, 0.29) is 11.6 Å². The molecule has 0 amide bonds. The molecule has 0 atom stereocenters. The number of benzene rings is 4. The molecule has 0 radical (unpaired) electrons. The Morgan fingerprint density at radius 3 is 1.18 bits per heavy atom. The first-order valence-electron chi connectivity index (χ1n) is 16.7. The van der Waals surface area contributed by atoms with Crippen molar-refractivity contribution in [3.63, 3.8) is 0 Å². The van der Waals surface area contributed by atoms with E-state index in [0.717, 1.165) is 55.6 Å². The summed E-state index contributed by atoms with van der Waals surface area (Å²) >= 11 is 0. The summed E-state index contributed by atoms with van der Waals surface area (Å²) in [7, 11) is 0. The third-order valence-electron chi connectivity index (χ3n) is 9.96. The van der Waals surface area contributed by atoms with Crippen molar-refractivity contribution in [2.45, 2.75) is 5.41 Å². The summed E-state index contributed by atoms with van der Waals surface area (Å²) in [6, 6.07) is 42.7. The molecule has 242 valence electrons. The SMILES string of the molecule is Fc1cc(C2(c3ccc(-[n+]4ccc(-c5ccncc5)cc4)c(F)c3)c3ccccc3-c3ccccc32)ccc1-[n+]1ccc(-c2ccncc2)cc1. The van der Waals surface area contributed by atoms with E-state index in [2.05, 4.69) is 34.2 Å². The van der Waals surface area contributed by atoms with Gasteiger partial charge in [0, 0.05) is 61.2 Å². The standard InChI is InChI=1S/C45H30F2N4/c46-41-29-35(9-11-43(41)50-25-17-33(18-26-50)31-13-21-48-22-14-31)45(39-7-3-1-5-37(39)38-6-2-4-8-40(38)45)36-10-12-44(42(47)30-36)51-27-19-34(20-28-51)32-15-23-49-24-16-32/h1-30H/q+2. The Morgan fingerprint density at radius 1 is 0.412 bits per heavy atom. The summed E-state index contributed by atoms with van der Waals surface area (Å²) in [5.74, 6) is -0.755. The minimum atomic E-state index is -0.961. The number of nitrogens with zero attached hydrogens (tertiary/aromatic N) is 4. The quantitative estimate of drug-likeness (QED) is 0.166. The molecule has 9 rings (SSSR count). The van der Waals surface area contributed by atoms with Crippen LogP contribution in [-0.2, 0) is 5.41 Å². The maximum absolute atomic E-state index is 16.5.